The molecule has 2 rings (SSSR count). The molecule has 0 fully saturated rings. The number of hydrogen-bond donors (Lipinski definition) is 2. The van der Waals surface area contributed by atoms with Crippen molar-refractivity contribution in [2.24, 2.45) is 0 Å². The first-order valence-electron chi connectivity index (χ1n) is 6.30. The van der Waals surface area contributed by atoms with E-state index in [4.69, 9.17) is 0 Å². The van der Waals surface area contributed by atoms with E-state index in [1.54, 1.807) is 23.5 Å². The van der Waals surface area contributed by atoms with Gasteiger partial charge in [0.25, 0.3) is 0 Å². The second-order valence-electron chi connectivity index (χ2n) is 4.76. The molecular weight excluding hydrogens is 338 g/mol. The van der Waals surface area contributed by atoms with Crippen LogP contribution in [0.3, 0.4) is 0 Å². The number of carboxylic acid groups (broad SMARTS) is 1. The minimum absolute atomic E-state index is 0.173. The first-order valence-corrected chi connectivity index (χ1v) is 7.91. The van der Waals surface area contributed by atoms with Crippen molar-refractivity contribution in [3.63, 3.8) is 0 Å². The van der Waals surface area contributed by atoms with E-state index >= 15 is 0 Å². The zero-order chi connectivity index (χ0) is 14.7. The molecule has 0 saturated carbocycles. The zero-order valence-electron chi connectivity index (χ0n) is 11.3. The summed E-state index contributed by atoms with van der Waals surface area (Å²) in [5, 5.41) is 12.5. The number of thiophene rings is 1. The lowest BCUT2D eigenvalue weighted by Crippen LogP contribution is -2.19. The van der Waals surface area contributed by atoms with Crippen LogP contribution in [-0.2, 0) is 6.42 Å². The van der Waals surface area contributed by atoms with Crippen LogP contribution in [0.15, 0.2) is 34.8 Å². The third-order valence-corrected chi connectivity index (χ3v) is 4.43. The summed E-state index contributed by atoms with van der Waals surface area (Å²) in [6.07, 6.45) is 0.883. The Morgan fingerprint density at radius 3 is 2.75 bits per heavy atom. The Morgan fingerprint density at radius 2 is 2.15 bits per heavy atom. The molecule has 3 nitrogen and oxygen atoms in total. The number of hydrogen-bond acceptors (Lipinski definition) is 3. The van der Waals surface area contributed by atoms with E-state index in [1.807, 2.05) is 6.07 Å². The quantitative estimate of drug-likeness (QED) is 0.828. The highest BCUT2D eigenvalue weighted by molar-refractivity contribution is 9.10. The molecule has 2 N–H and O–H groups in total. The molecule has 1 aromatic heterocycles. The predicted octanol–water partition coefficient (Wildman–Crippen LogP) is 4.56. The highest BCUT2D eigenvalue weighted by Gasteiger charge is 2.13. The number of halogens is 1. The Labute approximate surface area is 130 Å². The molecule has 0 aliphatic carbocycles. The van der Waals surface area contributed by atoms with Crippen LogP contribution in [0.25, 0.3) is 0 Å². The molecule has 2 aromatic rings. The molecule has 106 valence electrons. The van der Waals surface area contributed by atoms with Gasteiger partial charge in [-0.15, -0.1) is 11.3 Å². The summed E-state index contributed by atoms with van der Waals surface area (Å²) in [4.78, 5) is 13.9. The van der Waals surface area contributed by atoms with Gasteiger partial charge in [0.15, 0.2) is 0 Å². The lowest BCUT2D eigenvalue weighted by molar-refractivity contribution is 0.0698. The summed E-state index contributed by atoms with van der Waals surface area (Å²) in [5.41, 5.74) is 0.940. The smallest absolute Gasteiger partial charge is 0.337 e. The van der Waals surface area contributed by atoms with Crippen molar-refractivity contribution < 1.29 is 9.90 Å². The van der Waals surface area contributed by atoms with Gasteiger partial charge in [0, 0.05) is 32.4 Å². The summed E-state index contributed by atoms with van der Waals surface area (Å²) in [5.74, 6) is -0.923. The summed E-state index contributed by atoms with van der Waals surface area (Å²) >= 11 is 5.07. The maximum Gasteiger partial charge on any atom is 0.337 e. The van der Waals surface area contributed by atoms with Crippen molar-refractivity contribution in [1.82, 2.24) is 0 Å². The van der Waals surface area contributed by atoms with E-state index < -0.39 is 5.97 Å². The van der Waals surface area contributed by atoms with E-state index in [1.165, 1.54) is 9.75 Å². The predicted molar refractivity (Wildman–Crippen MR) is 86.9 cm³/mol. The maximum atomic E-state index is 11.3. The Kier molecular flexibility index (Phi) is 4.83. The molecule has 1 atom stereocenters. The molecule has 1 unspecified atom stereocenters. The third kappa shape index (κ3) is 3.84. The van der Waals surface area contributed by atoms with Crippen LogP contribution in [0.5, 0.6) is 0 Å². The van der Waals surface area contributed by atoms with Crippen LogP contribution in [0.1, 0.15) is 27.0 Å². The average Bonchev–Trinajstić information content (AvgIpc) is 2.76. The summed E-state index contributed by atoms with van der Waals surface area (Å²) < 4.78 is 0.766. The number of carbonyl (C=O) groups is 1. The van der Waals surface area contributed by atoms with Crippen LogP contribution < -0.4 is 5.32 Å². The standard InChI is InChI=1S/C15H16BrNO2S/c1-9(7-12-5-3-10(2)20-12)17-14-6-4-11(16)8-13(14)15(18)19/h3-6,8-9,17H,7H2,1-2H3,(H,18,19). The largest absolute Gasteiger partial charge is 0.478 e. The van der Waals surface area contributed by atoms with E-state index in [0.29, 0.717) is 5.69 Å². The fourth-order valence-corrected chi connectivity index (χ4v) is 3.41. The van der Waals surface area contributed by atoms with Crippen molar-refractivity contribution in [3.05, 3.63) is 50.1 Å². The number of carboxylic acids is 1. The van der Waals surface area contributed by atoms with Gasteiger partial charge < -0.3 is 10.4 Å². The number of nitrogens with one attached hydrogen (secondary N) is 1. The monoisotopic (exact) mass is 353 g/mol. The lowest BCUT2D eigenvalue weighted by Gasteiger charge is -2.16. The molecule has 0 saturated heterocycles. The highest BCUT2D eigenvalue weighted by atomic mass is 79.9. The SMILES string of the molecule is Cc1ccc(CC(C)Nc2ccc(Br)cc2C(=O)O)s1. The van der Waals surface area contributed by atoms with Gasteiger partial charge in [0.2, 0.25) is 0 Å². The zero-order valence-corrected chi connectivity index (χ0v) is 13.7. The first kappa shape index (κ1) is 15.1. The molecule has 0 aliphatic rings. The molecular formula is C15H16BrNO2S. The molecule has 1 heterocycles. The number of rotatable bonds is 5. The second-order valence-corrected chi connectivity index (χ2v) is 7.05. The van der Waals surface area contributed by atoms with E-state index in [9.17, 15) is 9.90 Å². The average molecular weight is 354 g/mol. The van der Waals surface area contributed by atoms with Crippen molar-refractivity contribution in [2.75, 3.05) is 5.32 Å². The first-order chi connectivity index (χ1) is 9.45. The number of aromatic carboxylic acids is 1. The van der Waals surface area contributed by atoms with Gasteiger partial charge >= 0.3 is 5.97 Å². The van der Waals surface area contributed by atoms with Gasteiger partial charge in [-0.1, -0.05) is 15.9 Å². The maximum absolute atomic E-state index is 11.3. The minimum Gasteiger partial charge on any atom is -0.478 e. The van der Waals surface area contributed by atoms with Crippen molar-refractivity contribution in [3.8, 4) is 0 Å². The van der Waals surface area contributed by atoms with Gasteiger partial charge in [-0.3, -0.25) is 0 Å². The van der Waals surface area contributed by atoms with Gasteiger partial charge in [-0.2, -0.15) is 0 Å². The summed E-state index contributed by atoms with van der Waals surface area (Å²) in [7, 11) is 0. The van der Waals surface area contributed by atoms with Crippen LogP contribution >= 0.6 is 27.3 Å². The number of aryl methyl sites for hydroxylation is 1. The van der Waals surface area contributed by atoms with Crippen molar-refractivity contribution in [2.45, 2.75) is 26.3 Å². The van der Waals surface area contributed by atoms with Gasteiger partial charge in [0.1, 0.15) is 0 Å². The van der Waals surface area contributed by atoms with Gasteiger partial charge in [-0.05, 0) is 44.2 Å². The van der Waals surface area contributed by atoms with Gasteiger partial charge in [-0.25, -0.2) is 4.79 Å². The van der Waals surface area contributed by atoms with Crippen LogP contribution in [0.2, 0.25) is 0 Å². The van der Waals surface area contributed by atoms with Gasteiger partial charge in [0.05, 0.1) is 5.56 Å². The van der Waals surface area contributed by atoms with E-state index in [2.05, 4.69) is 47.2 Å². The normalized spacial score (nSPS) is 12.2. The Morgan fingerprint density at radius 1 is 1.40 bits per heavy atom. The Bertz CT molecular complexity index is 624. The molecule has 0 amide bonds. The van der Waals surface area contributed by atoms with Crippen LogP contribution in [-0.4, -0.2) is 17.1 Å². The minimum atomic E-state index is -0.923. The molecule has 20 heavy (non-hydrogen) atoms. The van der Waals surface area contributed by atoms with Crippen LogP contribution in [0, 0.1) is 6.92 Å². The molecule has 0 radical (unpaired) electrons. The Balaban J connectivity index is 2.11. The van der Waals surface area contributed by atoms with Crippen molar-refractivity contribution in [1.29, 1.82) is 0 Å². The van der Waals surface area contributed by atoms with E-state index in [-0.39, 0.29) is 11.6 Å². The molecule has 0 spiro atoms. The topological polar surface area (TPSA) is 49.3 Å². The summed E-state index contributed by atoms with van der Waals surface area (Å²) in [6, 6.07) is 9.66. The molecule has 0 aliphatic heterocycles. The summed E-state index contributed by atoms with van der Waals surface area (Å²) in [6.45, 7) is 4.15. The Hall–Kier alpha value is -1.33. The number of benzene rings is 1. The van der Waals surface area contributed by atoms with Crippen LogP contribution in [0.4, 0.5) is 5.69 Å². The van der Waals surface area contributed by atoms with Crippen molar-refractivity contribution >= 4 is 38.9 Å². The van der Waals surface area contributed by atoms with E-state index in [0.717, 1.165) is 10.9 Å². The fourth-order valence-electron chi connectivity index (χ4n) is 2.03. The molecule has 0 bridgehead atoms. The third-order valence-electron chi connectivity index (χ3n) is 2.92. The molecule has 5 heteroatoms. The fraction of sp³-hybridized carbons (Fsp3) is 0.267. The second kappa shape index (κ2) is 6.41. The molecule has 1 aromatic carbocycles. The highest BCUT2D eigenvalue weighted by Crippen LogP contribution is 2.23. The lowest BCUT2D eigenvalue weighted by atomic mass is 10.1. The number of anilines is 1.